The Hall–Kier alpha value is -2.10. The second kappa shape index (κ2) is 5.35. The molecule has 1 aromatic heterocycles. The predicted octanol–water partition coefficient (Wildman–Crippen LogP) is 3.84. The Labute approximate surface area is 125 Å². The van der Waals surface area contributed by atoms with Crippen molar-refractivity contribution in [2.75, 3.05) is 5.32 Å². The summed E-state index contributed by atoms with van der Waals surface area (Å²) in [6, 6.07) is 9.78. The van der Waals surface area contributed by atoms with Gasteiger partial charge in [0, 0.05) is 17.8 Å². The molecule has 1 unspecified atom stereocenters. The molecule has 1 fully saturated rings. The Morgan fingerprint density at radius 1 is 1.29 bits per heavy atom. The molecule has 3 rings (SSSR count). The van der Waals surface area contributed by atoms with Crippen LogP contribution in [0.15, 0.2) is 36.5 Å². The average molecular weight is 283 g/mol. The van der Waals surface area contributed by atoms with Gasteiger partial charge in [-0.25, -0.2) is 0 Å². The van der Waals surface area contributed by atoms with E-state index in [-0.39, 0.29) is 17.2 Å². The van der Waals surface area contributed by atoms with Crippen LogP contribution in [0.2, 0.25) is 0 Å². The summed E-state index contributed by atoms with van der Waals surface area (Å²) in [7, 11) is 0. The maximum atomic E-state index is 12.4. The maximum absolute atomic E-state index is 12.4. The zero-order valence-electron chi connectivity index (χ0n) is 12.5. The third-order valence-corrected chi connectivity index (χ3v) is 4.54. The van der Waals surface area contributed by atoms with Gasteiger partial charge in [-0.05, 0) is 42.0 Å². The van der Waals surface area contributed by atoms with E-state index in [0.717, 1.165) is 36.2 Å². The number of rotatable bonds is 3. The van der Waals surface area contributed by atoms with Gasteiger partial charge in [0.1, 0.15) is 0 Å². The van der Waals surface area contributed by atoms with E-state index in [1.807, 2.05) is 30.3 Å². The average Bonchev–Trinajstić information content (AvgIpc) is 3.08. The lowest BCUT2D eigenvalue weighted by Crippen LogP contribution is -2.30. The van der Waals surface area contributed by atoms with E-state index in [2.05, 4.69) is 29.4 Å². The predicted molar refractivity (Wildman–Crippen MR) is 83.8 cm³/mol. The minimum atomic E-state index is 0.111. The molecule has 1 aromatic carbocycles. The molecule has 1 atom stereocenters. The monoisotopic (exact) mass is 283 g/mol. The first-order valence-electron chi connectivity index (χ1n) is 7.47. The Morgan fingerprint density at radius 2 is 2.05 bits per heavy atom. The molecule has 0 bridgehead atoms. The number of aromatic amines is 1. The van der Waals surface area contributed by atoms with Crippen LogP contribution in [0.1, 0.15) is 33.1 Å². The molecule has 2 N–H and O–H groups in total. The number of nitrogens with one attached hydrogen (secondary N) is 2. The molecule has 0 spiro atoms. The molecule has 110 valence electrons. The van der Waals surface area contributed by atoms with Gasteiger partial charge in [-0.3, -0.25) is 9.89 Å². The molecule has 4 heteroatoms. The van der Waals surface area contributed by atoms with Gasteiger partial charge in [-0.2, -0.15) is 5.10 Å². The fourth-order valence-electron chi connectivity index (χ4n) is 3.19. The summed E-state index contributed by atoms with van der Waals surface area (Å²) in [5.74, 6) is 0.261. The van der Waals surface area contributed by atoms with Gasteiger partial charge in [0.25, 0.3) is 0 Å². The fourth-order valence-corrected chi connectivity index (χ4v) is 3.19. The molecule has 2 aromatic rings. The van der Waals surface area contributed by atoms with Gasteiger partial charge in [0.05, 0.1) is 5.69 Å². The number of H-pyrrole nitrogens is 1. The molecule has 0 aliphatic heterocycles. The topological polar surface area (TPSA) is 57.8 Å². The Bertz CT molecular complexity index is 614. The normalized spacial score (nSPS) is 20.4. The summed E-state index contributed by atoms with van der Waals surface area (Å²) in [6.07, 6.45) is 4.99. The lowest BCUT2D eigenvalue weighted by atomic mass is 9.81. The highest BCUT2D eigenvalue weighted by Gasteiger charge is 2.39. The number of hydrogen-bond acceptors (Lipinski definition) is 2. The summed E-state index contributed by atoms with van der Waals surface area (Å²) in [5, 5.41) is 9.92. The summed E-state index contributed by atoms with van der Waals surface area (Å²) < 4.78 is 0. The quantitative estimate of drug-likeness (QED) is 0.899. The third kappa shape index (κ3) is 2.84. The summed E-state index contributed by atoms with van der Waals surface area (Å²) >= 11 is 0. The van der Waals surface area contributed by atoms with Crippen LogP contribution < -0.4 is 5.32 Å². The molecule has 1 amide bonds. The number of anilines is 1. The number of aromatic nitrogens is 2. The van der Waals surface area contributed by atoms with E-state index in [4.69, 9.17) is 0 Å². The van der Waals surface area contributed by atoms with E-state index in [0.29, 0.717) is 0 Å². The van der Waals surface area contributed by atoms with Crippen LogP contribution in [0, 0.1) is 11.3 Å². The maximum Gasteiger partial charge on any atom is 0.228 e. The molecule has 1 aliphatic rings. The van der Waals surface area contributed by atoms with Gasteiger partial charge in [-0.15, -0.1) is 0 Å². The zero-order chi connectivity index (χ0) is 14.9. The lowest BCUT2D eigenvalue weighted by molar-refractivity contribution is -0.122. The second-order valence-electron chi connectivity index (χ2n) is 6.47. The van der Waals surface area contributed by atoms with Crippen molar-refractivity contribution in [2.45, 2.75) is 33.1 Å². The van der Waals surface area contributed by atoms with Crippen LogP contribution in [0.25, 0.3) is 11.3 Å². The molecule has 1 heterocycles. The van der Waals surface area contributed by atoms with Crippen LogP contribution >= 0.6 is 0 Å². The standard InChI is InChI=1S/C17H21N3O/c1-17(2)10-3-4-14(17)16(21)19-13-7-5-12(6-8-13)15-9-11-18-20-15/h5-9,11,14H,3-4,10H2,1-2H3,(H,18,20)(H,19,21). The van der Waals surface area contributed by atoms with Crippen molar-refractivity contribution in [1.29, 1.82) is 0 Å². The molecular weight excluding hydrogens is 262 g/mol. The van der Waals surface area contributed by atoms with Crippen molar-refractivity contribution in [3.05, 3.63) is 36.5 Å². The molecule has 0 radical (unpaired) electrons. The van der Waals surface area contributed by atoms with Crippen LogP contribution in [-0.2, 0) is 4.79 Å². The first-order valence-corrected chi connectivity index (χ1v) is 7.47. The van der Waals surface area contributed by atoms with Gasteiger partial charge >= 0.3 is 0 Å². The van der Waals surface area contributed by atoms with Crippen molar-refractivity contribution < 1.29 is 4.79 Å². The zero-order valence-corrected chi connectivity index (χ0v) is 12.5. The number of carbonyl (C=O) groups is 1. The van der Waals surface area contributed by atoms with Crippen molar-refractivity contribution >= 4 is 11.6 Å². The van der Waals surface area contributed by atoms with Crippen LogP contribution in [-0.4, -0.2) is 16.1 Å². The Kier molecular flexibility index (Phi) is 3.53. The van der Waals surface area contributed by atoms with Crippen molar-refractivity contribution in [2.24, 2.45) is 11.3 Å². The van der Waals surface area contributed by atoms with Crippen LogP contribution in [0.4, 0.5) is 5.69 Å². The number of nitrogens with zero attached hydrogens (tertiary/aromatic N) is 1. The lowest BCUT2D eigenvalue weighted by Gasteiger charge is -2.25. The first kappa shape index (κ1) is 13.9. The van der Waals surface area contributed by atoms with Crippen LogP contribution in [0.3, 0.4) is 0 Å². The number of hydrogen-bond donors (Lipinski definition) is 2. The molecule has 1 aliphatic carbocycles. The minimum Gasteiger partial charge on any atom is -0.326 e. The number of benzene rings is 1. The summed E-state index contributed by atoms with van der Waals surface area (Å²) in [6.45, 7) is 4.37. The first-order chi connectivity index (χ1) is 10.1. The van der Waals surface area contributed by atoms with Gasteiger partial charge in [-0.1, -0.05) is 32.4 Å². The van der Waals surface area contributed by atoms with E-state index in [1.54, 1.807) is 6.20 Å². The third-order valence-electron chi connectivity index (χ3n) is 4.54. The fraction of sp³-hybridized carbons (Fsp3) is 0.412. The highest BCUT2D eigenvalue weighted by Crippen LogP contribution is 2.43. The van der Waals surface area contributed by atoms with E-state index < -0.39 is 0 Å². The second-order valence-corrected chi connectivity index (χ2v) is 6.47. The highest BCUT2D eigenvalue weighted by molar-refractivity contribution is 5.93. The Balaban J connectivity index is 1.69. The molecule has 1 saturated carbocycles. The Morgan fingerprint density at radius 3 is 2.62 bits per heavy atom. The summed E-state index contributed by atoms with van der Waals surface area (Å²) in [4.78, 5) is 12.4. The molecule has 21 heavy (non-hydrogen) atoms. The number of amides is 1. The molecule has 4 nitrogen and oxygen atoms in total. The largest absolute Gasteiger partial charge is 0.326 e. The SMILES string of the molecule is CC1(C)CCCC1C(=O)Nc1ccc(-c2ccn[nH]2)cc1. The smallest absolute Gasteiger partial charge is 0.228 e. The van der Waals surface area contributed by atoms with Crippen molar-refractivity contribution in [1.82, 2.24) is 10.2 Å². The van der Waals surface area contributed by atoms with Crippen molar-refractivity contribution in [3.63, 3.8) is 0 Å². The van der Waals surface area contributed by atoms with E-state index in [1.165, 1.54) is 0 Å². The van der Waals surface area contributed by atoms with Gasteiger partial charge in [0.2, 0.25) is 5.91 Å². The van der Waals surface area contributed by atoms with Gasteiger partial charge < -0.3 is 5.32 Å². The molecule has 0 saturated heterocycles. The number of carbonyl (C=O) groups excluding carboxylic acids is 1. The van der Waals surface area contributed by atoms with E-state index >= 15 is 0 Å². The van der Waals surface area contributed by atoms with Crippen molar-refractivity contribution in [3.8, 4) is 11.3 Å². The van der Waals surface area contributed by atoms with Gasteiger partial charge in [0.15, 0.2) is 0 Å². The minimum absolute atomic E-state index is 0.111. The van der Waals surface area contributed by atoms with Crippen LogP contribution in [0.5, 0.6) is 0 Å². The summed E-state index contributed by atoms with van der Waals surface area (Å²) in [5.41, 5.74) is 3.00. The molecular formula is C17H21N3O. The highest BCUT2D eigenvalue weighted by atomic mass is 16.1. The van der Waals surface area contributed by atoms with E-state index in [9.17, 15) is 4.79 Å².